The average Bonchev–Trinajstić information content (AvgIpc) is 3.09. The number of benzene rings is 2. The molecule has 0 saturated carbocycles. The molecule has 2 heterocycles. The fraction of sp³-hybridized carbons (Fsp3) is 0.150. The van der Waals surface area contributed by atoms with Crippen molar-refractivity contribution in [3.63, 3.8) is 0 Å². The van der Waals surface area contributed by atoms with Gasteiger partial charge < -0.3 is 4.74 Å². The van der Waals surface area contributed by atoms with E-state index in [-0.39, 0.29) is 0 Å². The summed E-state index contributed by atoms with van der Waals surface area (Å²) < 4.78 is 6.27. The van der Waals surface area contributed by atoms with Gasteiger partial charge in [-0.2, -0.15) is 0 Å². The highest BCUT2D eigenvalue weighted by Crippen LogP contribution is 2.37. The maximum absolute atomic E-state index is 6.29. The van der Waals surface area contributed by atoms with Crippen LogP contribution in [0.2, 0.25) is 10.0 Å². The van der Waals surface area contributed by atoms with Gasteiger partial charge in [0.25, 0.3) is 0 Å². The standard InChI is InChI=1S/C20H15Cl2N3OS2/c1-11-23-18-19(28-11)17(12-4-7-15(26-2)8-5-12)24-25-20(18)27-10-13-3-6-14(21)9-16(13)22/h3-9H,10H2,1-2H3. The third kappa shape index (κ3) is 3.96. The van der Waals surface area contributed by atoms with Crippen LogP contribution in [0, 0.1) is 6.92 Å². The summed E-state index contributed by atoms with van der Waals surface area (Å²) in [5.74, 6) is 1.47. The maximum Gasteiger partial charge on any atom is 0.146 e. The van der Waals surface area contributed by atoms with Crippen molar-refractivity contribution >= 4 is 56.5 Å². The van der Waals surface area contributed by atoms with Crippen molar-refractivity contribution < 1.29 is 4.74 Å². The van der Waals surface area contributed by atoms with E-state index in [1.165, 1.54) is 0 Å². The number of aryl methyl sites for hydroxylation is 1. The molecule has 4 nitrogen and oxygen atoms in total. The topological polar surface area (TPSA) is 47.9 Å². The Hall–Kier alpha value is -1.86. The molecule has 0 spiro atoms. The third-order valence-corrected chi connectivity index (χ3v) is 6.70. The largest absolute Gasteiger partial charge is 0.497 e. The lowest BCUT2D eigenvalue weighted by molar-refractivity contribution is 0.415. The monoisotopic (exact) mass is 447 g/mol. The number of aromatic nitrogens is 3. The van der Waals surface area contributed by atoms with Gasteiger partial charge in [-0.05, 0) is 48.9 Å². The molecule has 8 heteroatoms. The summed E-state index contributed by atoms with van der Waals surface area (Å²) in [5.41, 5.74) is 3.69. The summed E-state index contributed by atoms with van der Waals surface area (Å²) >= 11 is 15.5. The van der Waals surface area contributed by atoms with Crippen LogP contribution < -0.4 is 4.74 Å². The van der Waals surface area contributed by atoms with Gasteiger partial charge in [0.2, 0.25) is 0 Å². The number of hydrogen-bond acceptors (Lipinski definition) is 6. The zero-order chi connectivity index (χ0) is 19.7. The Morgan fingerprint density at radius 2 is 1.86 bits per heavy atom. The highest BCUT2D eigenvalue weighted by Gasteiger charge is 2.16. The predicted molar refractivity (Wildman–Crippen MR) is 118 cm³/mol. The van der Waals surface area contributed by atoms with E-state index in [0.717, 1.165) is 42.8 Å². The van der Waals surface area contributed by atoms with E-state index < -0.39 is 0 Å². The van der Waals surface area contributed by atoms with Gasteiger partial charge >= 0.3 is 0 Å². The lowest BCUT2D eigenvalue weighted by Crippen LogP contribution is -1.93. The molecular formula is C20H15Cl2N3OS2. The Morgan fingerprint density at radius 3 is 2.57 bits per heavy atom. The molecule has 28 heavy (non-hydrogen) atoms. The van der Waals surface area contributed by atoms with E-state index >= 15 is 0 Å². The number of fused-ring (bicyclic) bond motifs is 1. The van der Waals surface area contributed by atoms with Crippen LogP contribution in [0.1, 0.15) is 10.6 Å². The molecule has 0 atom stereocenters. The smallest absolute Gasteiger partial charge is 0.146 e. The molecule has 0 aliphatic heterocycles. The van der Waals surface area contributed by atoms with E-state index in [1.807, 2.05) is 43.3 Å². The zero-order valence-electron chi connectivity index (χ0n) is 15.1. The van der Waals surface area contributed by atoms with E-state index in [4.69, 9.17) is 32.9 Å². The van der Waals surface area contributed by atoms with Crippen LogP contribution in [0.4, 0.5) is 0 Å². The minimum Gasteiger partial charge on any atom is -0.497 e. The molecule has 4 aromatic rings. The van der Waals surface area contributed by atoms with Crippen molar-refractivity contribution in [2.45, 2.75) is 17.7 Å². The van der Waals surface area contributed by atoms with Crippen molar-refractivity contribution in [3.8, 4) is 17.0 Å². The van der Waals surface area contributed by atoms with Crippen molar-refractivity contribution in [2.24, 2.45) is 0 Å². The van der Waals surface area contributed by atoms with Gasteiger partial charge in [0.15, 0.2) is 0 Å². The van der Waals surface area contributed by atoms with Gasteiger partial charge in [-0.25, -0.2) is 4.98 Å². The molecule has 2 aromatic heterocycles. The van der Waals surface area contributed by atoms with Gasteiger partial charge in [-0.15, -0.1) is 21.5 Å². The lowest BCUT2D eigenvalue weighted by Gasteiger charge is -2.07. The van der Waals surface area contributed by atoms with Gasteiger partial charge in [-0.3, -0.25) is 0 Å². The van der Waals surface area contributed by atoms with E-state index in [0.29, 0.717) is 15.8 Å². The molecule has 0 saturated heterocycles. The molecule has 142 valence electrons. The number of nitrogens with zero attached hydrogens (tertiary/aromatic N) is 3. The normalized spacial score (nSPS) is 11.1. The van der Waals surface area contributed by atoms with Gasteiger partial charge in [0, 0.05) is 21.4 Å². The molecule has 0 aliphatic carbocycles. The van der Waals surface area contributed by atoms with Crippen molar-refractivity contribution in [1.29, 1.82) is 0 Å². The zero-order valence-corrected chi connectivity index (χ0v) is 18.2. The van der Waals surface area contributed by atoms with Crippen molar-refractivity contribution in [2.75, 3.05) is 7.11 Å². The fourth-order valence-electron chi connectivity index (χ4n) is 2.74. The number of halogens is 2. The second-order valence-corrected chi connectivity index (χ2v) is 9.03. The Bertz CT molecular complexity index is 1150. The first-order valence-corrected chi connectivity index (χ1v) is 11.0. The molecule has 0 bridgehead atoms. The quantitative estimate of drug-likeness (QED) is 0.319. The number of thioether (sulfide) groups is 1. The first-order valence-electron chi connectivity index (χ1n) is 8.40. The Balaban J connectivity index is 1.68. The van der Waals surface area contributed by atoms with Crippen LogP contribution in [0.5, 0.6) is 5.75 Å². The van der Waals surface area contributed by atoms with Crippen molar-refractivity contribution in [1.82, 2.24) is 15.2 Å². The maximum atomic E-state index is 6.29. The summed E-state index contributed by atoms with van der Waals surface area (Å²) in [4.78, 5) is 4.70. The van der Waals surface area contributed by atoms with E-state index in [2.05, 4.69) is 10.2 Å². The Kier molecular flexibility index (Phi) is 5.73. The molecule has 0 aliphatic rings. The fourth-order valence-corrected chi connectivity index (χ4v) is 5.21. The SMILES string of the molecule is COc1ccc(-c2nnc(SCc3ccc(Cl)cc3Cl)c3nc(C)sc23)cc1. The number of rotatable bonds is 5. The molecule has 0 fully saturated rings. The van der Waals surface area contributed by atoms with Gasteiger partial charge in [0.05, 0.1) is 16.8 Å². The van der Waals surface area contributed by atoms with Crippen LogP contribution in [0.25, 0.3) is 21.5 Å². The molecular weight excluding hydrogens is 433 g/mol. The molecule has 0 unspecified atom stereocenters. The first-order chi connectivity index (χ1) is 13.5. The number of hydrogen-bond donors (Lipinski definition) is 0. The van der Waals surface area contributed by atoms with Crippen LogP contribution in [-0.2, 0) is 5.75 Å². The summed E-state index contributed by atoms with van der Waals surface area (Å²) in [6, 6.07) is 13.3. The number of ether oxygens (including phenoxy) is 1. The summed E-state index contributed by atoms with van der Waals surface area (Å²) in [6.45, 7) is 1.99. The molecule has 0 amide bonds. The first kappa shape index (κ1) is 19.5. The second kappa shape index (κ2) is 8.25. The number of methoxy groups -OCH3 is 1. The van der Waals surface area contributed by atoms with Gasteiger partial charge in [-0.1, -0.05) is 41.0 Å². The molecule has 2 aromatic carbocycles. The minimum atomic E-state index is 0.625. The average molecular weight is 448 g/mol. The predicted octanol–water partition coefficient (Wildman–Crippen LogP) is 6.67. The molecule has 4 rings (SSSR count). The highest BCUT2D eigenvalue weighted by molar-refractivity contribution is 7.98. The van der Waals surface area contributed by atoms with Crippen LogP contribution in [0.15, 0.2) is 47.5 Å². The number of thiazole rings is 1. The minimum absolute atomic E-state index is 0.625. The van der Waals surface area contributed by atoms with E-state index in [9.17, 15) is 0 Å². The van der Waals surface area contributed by atoms with Gasteiger partial charge in [0.1, 0.15) is 22.0 Å². The lowest BCUT2D eigenvalue weighted by atomic mass is 10.1. The van der Waals surface area contributed by atoms with Crippen LogP contribution in [0.3, 0.4) is 0 Å². The van der Waals surface area contributed by atoms with Crippen LogP contribution in [-0.4, -0.2) is 22.3 Å². The third-order valence-electron chi connectivity index (χ3n) is 4.14. The van der Waals surface area contributed by atoms with Crippen LogP contribution >= 0.6 is 46.3 Å². The highest BCUT2D eigenvalue weighted by atomic mass is 35.5. The Morgan fingerprint density at radius 1 is 1.07 bits per heavy atom. The van der Waals surface area contributed by atoms with E-state index in [1.54, 1.807) is 36.3 Å². The summed E-state index contributed by atoms with van der Waals surface area (Å²) in [5, 5.41) is 12.0. The molecule has 0 N–H and O–H groups in total. The second-order valence-electron chi connectivity index (χ2n) is 6.02. The van der Waals surface area contributed by atoms with Crippen molar-refractivity contribution in [3.05, 3.63) is 63.1 Å². The molecule has 0 radical (unpaired) electrons. The Labute approximate surface area is 180 Å². The summed E-state index contributed by atoms with van der Waals surface area (Å²) in [7, 11) is 1.65. The summed E-state index contributed by atoms with van der Waals surface area (Å²) in [6.07, 6.45) is 0.